The van der Waals surface area contributed by atoms with Gasteiger partial charge < -0.3 is 36.2 Å². The highest BCUT2D eigenvalue weighted by Gasteiger charge is 2.34. The highest BCUT2D eigenvalue weighted by molar-refractivity contribution is 7.07. The number of thiazole rings is 1. The summed E-state index contributed by atoms with van der Waals surface area (Å²) in [6.45, 7) is 7.59. The van der Waals surface area contributed by atoms with Crippen LogP contribution in [0.1, 0.15) is 75.3 Å². The zero-order valence-corrected chi connectivity index (χ0v) is 36.0. The number of aliphatic hydroxyl groups excluding tert-OH is 2. The number of nitrogens with zero attached hydrogens (tertiary/aromatic N) is 1. The minimum absolute atomic E-state index is 0.0235. The van der Waals surface area contributed by atoms with E-state index in [1.807, 2.05) is 107 Å². The zero-order chi connectivity index (χ0) is 43.5. The van der Waals surface area contributed by atoms with Crippen LogP contribution < -0.4 is 21.3 Å². The predicted molar refractivity (Wildman–Crippen MR) is 238 cm³/mol. The molecule has 0 fully saturated rings. The lowest BCUT2D eigenvalue weighted by molar-refractivity contribution is -0.131. The first kappa shape index (κ1) is 44.9. The van der Waals surface area contributed by atoms with Gasteiger partial charge in [-0.25, -0.2) is 9.78 Å². The molecule has 322 valence electrons. The van der Waals surface area contributed by atoms with Gasteiger partial charge >= 0.3 is 6.09 Å². The number of aromatic nitrogens is 1. The molecule has 0 aliphatic heterocycles. The number of benzene rings is 4. The number of fused-ring (bicyclic) bond motifs is 4. The van der Waals surface area contributed by atoms with Crippen LogP contribution in [0.4, 0.5) is 4.79 Å². The Morgan fingerprint density at radius 1 is 0.770 bits per heavy atom. The Morgan fingerprint density at radius 2 is 1.41 bits per heavy atom. The van der Waals surface area contributed by atoms with Crippen molar-refractivity contribution in [3.63, 3.8) is 0 Å². The molecule has 1 heterocycles. The SMILES string of the molecule is CCC(C)[C@@H](CO)NC(=O)CC(O)C(CC(C)C)NC(=O)[C@H](Cc1cscn1)NC(=O)[C@H](Cc1cccc2ccccc12)NC(=O)OCC1c2ccccc2-c2ccccc21. The number of rotatable bonds is 20. The summed E-state index contributed by atoms with van der Waals surface area (Å²) in [6.07, 6.45) is -1.12. The zero-order valence-electron chi connectivity index (χ0n) is 35.2. The summed E-state index contributed by atoms with van der Waals surface area (Å²) in [5.74, 6) is -1.77. The number of amides is 4. The molecule has 3 unspecified atom stereocenters. The van der Waals surface area contributed by atoms with Gasteiger partial charge in [-0.2, -0.15) is 0 Å². The Kier molecular flexibility index (Phi) is 15.6. The summed E-state index contributed by atoms with van der Waals surface area (Å²) in [6, 6.07) is 26.0. The topological polar surface area (TPSA) is 179 Å². The highest BCUT2D eigenvalue weighted by atomic mass is 32.1. The Morgan fingerprint density at radius 3 is 2.07 bits per heavy atom. The second-order valence-electron chi connectivity index (χ2n) is 16.4. The van der Waals surface area contributed by atoms with E-state index in [0.717, 1.165) is 45.0 Å². The maximum atomic E-state index is 14.5. The number of hydrogen-bond donors (Lipinski definition) is 6. The monoisotopic (exact) mass is 847 g/mol. The van der Waals surface area contributed by atoms with Crippen LogP contribution >= 0.6 is 11.3 Å². The average molecular weight is 848 g/mol. The van der Waals surface area contributed by atoms with Gasteiger partial charge in [0, 0.05) is 24.1 Å². The molecule has 6 atom stereocenters. The number of hydrogen-bond acceptors (Lipinski definition) is 9. The maximum Gasteiger partial charge on any atom is 0.407 e. The summed E-state index contributed by atoms with van der Waals surface area (Å²) < 4.78 is 5.89. The molecule has 12 nitrogen and oxygen atoms in total. The van der Waals surface area contributed by atoms with Crippen molar-refractivity contribution in [3.05, 3.63) is 124 Å². The first-order chi connectivity index (χ1) is 29.4. The fourth-order valence-electron chi connectivity index (χ4n) is 8.06. The molecular weight excluding hydrogens is 791 g/mol. The van der Waals surface area contributed by atoms with Crippen molar-refractivity contribution >= 4 is 45.9 Å². The van der Waals surface area contributed by atoms with Gasteiger partial charge in [-0.3, -0.25) is 14.4 Å². The molecule has 0 saturated heterocycles. The summed E-state index contributed by atoms with van der Waals surface area (Å²) in [5.41, 5.74) is 7.31. The maximum absolute atomic E-state index is 14.5. The van der Waals surface area contributed by atoms with E-state index >= 15 is 0 Å². The van der Waals surface area contributed by atoms with E-state index in [9.17, 15) is 29.4 Å². The lowest BCUT2D eigenvalue weighted by atomic mass is 9.95. The molecule has 1 aromatic heterocycles. The summed E-state index contributed by atoms with van der Waals surface area (Å²) in [5, 5.41) is 36.3. The molecule has 5 aromatic rings. The van der Waals surface area contributed by atoms with E-state index in [2.05, 4.69) is 38.4 Å². The largest absolute Gasteiger partial charge is 0.449 e. The molecule has 6 rings (SSSR count). The Labute approximate surface area is 361 Å². The predicted octanol–water partition coefficient (Wildman–Crippen LogP) is 6.28. The summed E-state index contributed by atoms with van der Waals surface area (Å²) in [7, 11) is 0. The molecule has 4 aromatic carbocycles. The highest BCUT2D eigenvalue weighted by Crippen LogP contribution is 2.44. The molecule has 0 spiro atoms. The third-order valence-electron chi connectivity index (χ3n) is 11.6. The minimum Gasteiger partial charge on any atom is -0.449 e. The number of ether oxygens (including phenoxy) is 1. The molecule has 13 heteroatoms. The third-order valence-corrected chi connectivity index (χ3v) is 12.2. The molecular formula is C48H57N5O7S. The molecule has 61 heavy (non-hydrogen) atoms. The van der Waals surface area contributed by atoms with Gasteiger partial charge in [0.25, 0.3) is 0 Å². The van der Waals surface area contributed by atoms with E-state index in [4.69, 9.17) is 4.74 Å². The first-order valence-electron chi connectivity index (χ1n) is 21.1. The number of nitrogens with one attached hydrogen (secondary N) is 4. The first-order valence-corrected chi connectivity index (χ1v) is 22.0. The fourth-order valence-corrected chi connectivity index (χ4v) is 8.64. The van der Waals surface area contributed by atoms with Crippen LogP contribution in [0.3, 0.4) is 0 Å². The number of alkyl carbamates (subject to hydrolysis) is 1. The number of carbonyl (C=O) groups is 4. The van der Waals surface area contributed by atoms with E-state index in [1.165, 1.54) is 11.3 Å². The van der Waals surface area contributed by atoms with Crippen molar-refractivity contribution in [2.75, 3.05) is 13.2 Å². The summed E-state index contributed by atoms with van der Waals surface area (Å²) >= 11 is 1.35. The third kappa shape index (κ3) is 11.6. The Bertz CT molecular complexity index is 2220. The second-order valence-corrected chi connectivity index (χ2v) is 17.1. The van der Waals surface area contributed by atoms with Crippen molar-refractivity contribution < 1.29 is 34.1 Å². The smallest absolute Gasteiger partial charge is 0.407 e. The van der Waals surface area contributed by atoms with Gasteiger partial charge in [0.1, 0.15) is 18.7 Å². The lowest BCUT2D eigenvalue weighted by Crippen LogP contribution is -2.57. The van der Waals surface area contributed by atoms with Crippen LogP contribution in [0.15, 0.2) is 102 Å². The Balaban J connectivity index is 1.21. The van der Waals surface area contributed by atoms with Gasteiger partial charge in [0.2, 0.25) is 17.7 Å². The summed E-state index contributed by atoms with van der Waals surface area (Å²) in [4.78, 5) is 59.9. The van der Waals surface area contributed by atoms with Crippen LogP contribution in [0.25, 0.3) is 21.9 Å². The fraction of sp³-hybridized carbons (Fsp3) is 0.396. The molecule has 0 bridgehead atoms. The Hall–Kier alpha value is -5.63. The van der Waals surface area contributed by atoms with Crippen LogP contribution in [0.5, 0.6) is 0 Å². The van der Waals surface area contributed by atoms with Crippen molar-refractivity contribution in [3.8, 4) is 11.1 Å². The van der Waals surface area contributed by atoms with Gasteiger partial charge in [0.05, 0.1) is 42.4 Å². The van der Waals surface area contributed by atoms with Crippen molar-refractivity contribution in [1.29, 1.82) is 0 Å². The normalized spacial score (nSPS) is 15.1. The molecule has 4 amide bonds. The molecule has 1 aliphatic rings. The molecule has 1 aliphatic carbocycles. The van der Waals surface area contributed by atoms with Gasteiger partial charge in [-0.15, -0.1) is 11.3 Å². The minimum atomic E-state index is -1.26. The molecule has 0 radical (unpaired) electrons. The van der Waals surface area contributed by atoms with Crippen LogP contribution in [-0.2, 0) is 32.0 Å². The van der Waals surface area contributed by atoms with Crippen molar-refractivity contribution in [2.24, 2.45) is 11.8 Å². The average Bonchev–Trinajstić information content (AvgIpc) is 3.89. The van der Waals surface area contributed by atoms with E-state index in [-0.39, 0.29) is 50.2 Å². The van der Waals surface area contributed by atoms with Crippen LogP contribution in [0.2, 0.25) is 0 Å². The van der Waals surface area contributed by atoms with Crippen molar-refractivity contribution in [1.82, 2.24) is 26.3 Å². The van der Waals surface area contributed by atoms with E-state index in [1.54, 1.807) is 10.9 Å². The van der Waals surface area contributed by atoms with E-state index in [0.29, 0.717) is 12.1 Å². The van der Waals surface area contributed by atoms with Gasteiger partial charge in [-0.1, -0.05) is 125 Å². The quantitative estimate of drug-likeness (QED) is 0.0530. The second kappa shape index (κ2) is 21.2. The standard InChI is InChI=1S/C48H57N5O7S/c1-5-30(4)43(25-54)50-45(56)24-44(55)40(21-29(2)3)51-47(58)42(23-33-27-61-28-49-33)52-46(57)41(22-32-15-12-14-31-13-6-7-16-34(31)32)53-48(59)60-26-39-37-19-10-8-17-35(37)36-18-9-11-20-38(36)39/h6-20,27-30,39-44,54-55H,5,21-26H2,1-4H3,(H,50,56)(H,51,58)(H,52,57)(H,53,59)/t30?,40?,41-,42-,43+,44?/m0/s1. The molecule has 0 saturated carbocycles. The molecule has 6 N–H and O–H groups in total. The van der Waals surface area contributed by atoms with Gasteiger partial charge in [-0.05, 0) is 56.8 Å². The van der Waals surface area contributed by atoms with E-state index < -0.39 is 54.1 Å². The number of carbonyl (C=O) groups excluding carboxylic acids is 4. The van der Waals surface area contributed by atoms with Gasteiger partial charge in [0.15, 0.2) is 0 Å². The number of aliphatic hydroxyl groups is 2. The van der Waals surface area contributed by atoms with Crippen LogP contribution in [-0.4, -0.2) is 82.5 Å². The lowest BCUT2D eigenvalue weighted by Gasteiger charge is -2.29. The van der Waals surface area contributed by atoms with Crippen molar-refractivity contribution in [2.45, 2.75) is 96.0 Å². The van der Waals surface area contributed by atoms with Crippen LogP contribution in [0, 0.1) is 11.8 Å².